The van der Waals surface area contributed by atoms with Crippen molar-refractivity contribution in [1.82, 2.24) is 5.32 Å². The predicted octanol–water partition coefficient (Wildman–Crippen LogP) is 4.06. The lowest BCUT2D eigenvalue weighted by Crippen LogP contribution is -2.38. The van der Waals surface area contributed by atoms with Crippen LogP contribution in [0.15, 0.2) is 16.6 Å². The normalized spacial score (nSPS) is 29.9. The van der Waals surface area contributed by atoms with Crippen LogP contribution in [-0.2, 0) is 0 Å². The molecule has 110 valence electrons. The van der Waals surface area contributed by atoms with E-state index in [1.165, 1.54) is 25.0 Å². The fourth-order valence-corrected chi connectivity index (χ4v) is 3.99. The summed E-state index contributed by atoms with van der Waals surface area (Å²) in [5, 5.41) is 6.64. The standard InChI is InChI=1S/C15H19BrF2N2/c16-9-7-11(17)15(12(18)8-9)20-14-4-1-3-10(14)13-5-2-6-19-13/h7-8,10,13-14,19-20H,1-6H2. The molecule has 0 aromatic heterocycles. The molecule has 0 radical (unpaired) electrons. The van der Waals surface area contributed by atoms with E-state index < -0.39 is 11.6 Å². The van der Waals surface area contributed by atoms with Crippen molar-refractivity contribution in [2.24, 2.45) is 5.92 Å². The van der Waals surface area contributed by atoms with Gasteiger partial charge in [0.05, 0.1) is 0 Å². The minimum atomic E-state index is -0.526. The van der Waals surface area contributed by atoms with Crippen molar-refractivity contribution >= 4 is 21.6 Å². The Morgan fingerprint density at radius 1 is 1.10 bits per heavy atom. The lowest BCUT2D eigenvalue weighted by molar-refractivity contribution is 0.374. The topological polar surface area (TPSA) is 24.1 Å². The van der Waals surface area contributed by atoms with Gasteiger partial charge in [-0.05, 0) is 50.3 Å². The van der Waals surface area contributed by atoms with E-state index in [4.69, 9.17) is 0 Å². The second-order valence-electron chi connectivity index (χ2n) is 5.79. The van der Waals surface area contributed by atoms with Crippen LogP contribution in [0.25, 0.3) is 0 Å². The van der Waals surface area contributed by atoms with Crippen LogP contribution in [0.2, 0.25) is 0 Å². The molecule has 2 aliphatic rings. The van der Waals surface area contributed by atoms with Crippen molar-refractivity contribution in [3.63, 3.8) is 0 Å². The quantitative estimate of drug-likeness (QED) is 0.863. The average molecular weight is 345 g/mol. The fraction of sp³-hybridized carbons (Fsp3) is 0.600. The largest absolute Gasteiger partial charge is 0.377 e. The van der Waals surface area contributed by atoms with Gasteiger partial charge in [-0.3, -0.25) is 0 Å². The van der Waals surface area contributed by atoms with E-state index in [1.54, 1.807) is 0 Å². The molecule has 3 unspecified atom stereocenters. The Morgan fingerprint density at radius 2 is 1.85 bits per heavy atom. The lowest BCUT2D eigenvalue weighted by Gasteiger charge is -2.27. The third-order valence-electron chi connectivity index (χ3n) is 4.52. The molecule has 2 fully saturated rings. The predicted molar refractivity (Wildman–Crippen MR) is 79.8 cm³/mol. The zero-order valence-electron chi connectivity index (χ0n) is 11.3. The van der Waals surface area contributed by atoms with Crippen LogP contribution in [0.3, 0.4) is 0 Å². The molecule has 1 aromatic carbocycles. The van der Waals surface area contributed by atoms with Crippen molar-refractivity contribution in [2.45, 2.75) is 44.2 Å². The number of nitrogens with one attached hydrogen (secondary N) is 2. The van der Waals surface area contributed by atoms with Crippen molar-refractivity contribution in [1.29, 1.82) is 0 Å². The van der Waals surface area contributed by atoms with E-state index in [-0.39, 0.29) is 11.7 Å². The molecule has 0 spiro atoms. The molecule has 3 rings (SSSR count). The van der Waals surface area contributed by atoms with E-state index in [2.05, 4.69) is 26.6 Å². The van der Waals surface area contributed by atoms with Gasteiger partial charge in [0, 0.05) is 16.6 Å². The third kappa shape index (κ3) is 2.84. The number of hydrogen-bond donors (Lipinski definition) is 2. The van der Waals surface area contributed by atoms with Crippen LogP contribution in [0.4, 0.5) is 14.5 Å². The molecular weight excluding hydrogens is 326 g/mol. The van der Waals surface area contributed by atoms with Crippen LogP contribution in [-0.4, -0.2) is 18.6 Å². The molecule has 1 saturated carbocycles. The highest BCUT2D eigenvalue weighted by Crippen LogP contribution is 2.35. The Balaban J connectivity index is 1.76. The number of hydrogen-bond acceptors (Lipinski definition) is 2. The minimum Gasteiger partial charge on any atom is -0.377 e. The van der Waals surface area contributed by atoms with E-state index in [0.717, 1.165) is 25.8 Å². The Bertz CT molecular complexity index is 466. The molecule has 0 bridgehead atoms. The van der Waals surface area contributed by atoms with Gasteiger partial charge in [0.1, 0.15) is 17.3 Å². The summed E-state index contributed by atoms with van der Waals surface area (Å²) in [6.45, 7) is 1.06. The van der Waals surface area contributed by atoms with Gasteiger partial charge in [-0.25, -0.2) is 8.78 Å². The van der Waals surface area contributed by atoms with Gasteiger partial charge < -0.3 is 10.6 Å². The van der Waals surface area contributed by atoms with E-state index in [9.17, 15) is 8.78 Å². The molecule has 20 heavy (non-hydrogen) atoms. The van der Waals surface area contributed by atoms with Crippen molar-refractivity contribution < 1.29 is 8.78 Å². The molecule has 2 nitrogen and oxygen atoms in total. The van der Waals surface area contributed by atoms with Crippen LogP contribution in [0.1, 0.15) is 32.1 Å². The zero-order valence-corrected chi connectivity index (χ0v) is 12.8. The summed E-state index contributed by atoms with van der Waals surface area (Å²) in [7, 11) is 0. The van der Waals surface area contributed by atoms with Gasteiger partial charge >= 0.3 is 0 Å². The van der Waals surface area contributed by atoms with Gasteiger partial charge in [0.2, 0.25) is 0 Å². The third-order valence-corrected chi connectivity index (χ3v) is 4.98. The molecule has 2 N–H and O–H groups in total. The maximum absolute atomic E-state index is 13.9. The van der Waals surface area contributed by atoms with Crippen LogP contribution >= 0.6 is 15.9 Å². The minimum absolute atomic E-state index is 0.0168. The number of rotatable bonds is 3. The Morgan fingerprint density at radius 3 is 2.50 bits per heavy atom. The molecular formula is C15H19BrF2N2. The maximum atomic E-state index is 13.9. The molecule has 5 heteroatoms. The molecule has 1 aliphatic heterocycles. The first-order valence-corrected chi connectivity index (χ1v) is 8.09. The molecule has 1 saturated heterocycles. The Hall–Kier alpha value is -0.680. The van der Waals surface area contributed by atoms with Gasteiger partial charge in [-0.2, -0.15) is 0 Å². The summed E-state index contributed by atoms with van der Waals surface area (Å²) in [4.78, 5) is 0. The highest BCUT2D eigenvalue weighted by Gasteiger charge is 2.35. The molecule has 3 atom stereocenters. The van der Waals surface area contributed by atoms with Gasteiger partial charge in [0.15, 0.2) is 0 Å². The zero-order chi connectivity index (χ0) is 14.1. The van der Waals surface area contributed by atoms with E-state index >= 15 is 0 Å². The first-order valence-electron chi connectivity index (χ1n) is 7.29. The average Bonchev–Trinajstić information content (AvgIpc) is 3.04. The summed E-state index contributed by atoms with van der Waals surface area (Å²) in [5.74, 6) is -0.580. The summed E-state index contributed by atoms with van der Waals surface area (Å²) >= 11 is 3.11. The molecule has 1 aliphatic carbocycles. The fourth-order valence-electron chi connectivity index (χ4n) is 3.59. The van der Waals surface area contributed by atoms with Crippen molar-refractivity contribution in [3.8, 4) is 0 Å². The first kappa shape index (κ1) is 14.3. The molecule has 1 aromatic rings. The second-order valence-corrected chi connectivity index (χ2v) is 6.71. The smallest absolute Gasteiger partial charge is 0.150 e. The van der Waals surface area contributed by atoms with Gasteiger partial charge in [-0.1, -0.05) is 22.4 Å². The monoisotopic (exact) mass is 344 g/mol. The first-order chi connectivity index (χ1) is 9.65. The number of halogens is 3. The lowest BCUT2D eigenvalue weighted by atomic mass is 9.93. The highest BCUT2D eigenvalue weighted by atomic mass is 79.9. The highest BCUT2D eigenvalue weighted by molar-refractivity contribution is 9.10. The molecule has 1 heterocycles. The molecule has 0 amide bonds. The van der Waals surface area contributed by atoms with Crippen LogP contribution < -0.4 is 10.6 Å². The number of anilines is 1. The van der Waals surface area contributed by atoms with Gasteiger partial charge in [-0.15, -0.1) is 0 Å². The summed E-state index contributed by atoms with van der Waals surface area (Å²) in [6.07, 6.45) is 5.62. The SMILES string of the molecule is Fc1cc(Br)cc(F)c1NC1CCCC1C1CCCN1. The van der Waals surface area contributed by atoms with Crippen LogP contribution in [0.5, 0.6) is 0 Å². The second kappa shape index (κ2) is 5.98. The summed E-state index contributed by atoms with van der Waals surface area (Å²) in [6, 6.07) is 3.28. The summed E-state index contributed by atoms with van der Waals surface area (Å²) in [5.41, 5.74) is 0.0168. The van der Waals surface area contributed by atoms with Crippen molar-refractivity contribution in [3.05, 3.63) is 28.2 Å². The Kier molecular flexibility index (Phi) is 4.26. The Labute approximate surface area is 126 Å². The number of benzene rings is 1. The van der Waals surface area contributed by atoms with Gasteiger partial charge in [0.25, 0.3) is 0 Å². The summed E-state index contributed by atoms with van der Waals surface area (Å²) < 4.78 is 28.3. The maximum Gasteiger partial charge on any atom is 0.150 e. The van der Waals surface area contributed by atoms with Crippen LogP contribution in [0, 0.1) is 17.6 Å². The van der Waals surface area contributed by atoms with E-state index in [1.807, 2.05) is 0 Å². The van der Waals surface area contributed by atoms with Crippen molar-refractivity contribution in [2.75, 3.05) is 11.9 Å². The van der Waals surface area contributed by atoms with E-state index in [0.29, 0.717) is 16.4 Å².